The van der Waals surface area contributed by atoms with Crippen molar-refractivity contribution in [1.29, 1.82) is 0 Å². The highest BCUT2D eigenvalue weighted by Crippen LogP contribution is 2.55. The van der Waals surface area contributed by atoms with Gasteiger partial charge in [0.15, 0.2) is 0 Å². The second-order valence-corrected chi connectivity index (χ2v) is 18.2. The molecule has 272 valence electrons. The lowest BCUT2D eigenvalue weighted by Crippen LogP contribution is -2.17. The maximum Gasteiger partial charge on any atom is 0.136 e. The van der Waals surface area contributed by atoms with Crippen molar-refractivity contribution in [2.24, 2.45) is 0 Å². The highest BCUT2D eigenvalue weighted by atomic mass is 16.3. The van der Waals surface area contributed by atoms with Crippen molar-refractivity contribution >= 4 is 60.5 Å². The molecule has 0 aliphatic heterocycles. The van der Waals surface area contributed by atoms with E-state index >= 15 is 0 Å². The number of hydrogen-bond acceptors (Lipinski definition) is 2. The lowest BCUT2D eigenvalue weighted by Gasteiger charge is -2.29. The fourth-order valence-corrected chi connectivity index (χ4v) is 10.3. The first kappa shape index (κ1) is 33.2. The second kappa shape index (κ2) is 11.2. The lowest BCUT2D eigenvalue weighted by atomic mass is 9.78. The van der Waals surface area contributed by atoms with Crippen molar-refractivity contribution in [3.05, 3.63) is 173 Å². The molecule has 2 heteroatoms. The van der Waals surface area contributed by atoms with Gasteiger partial charge >= 0.3 is 0 Å². The summed E-state index contributed by atoms with van der Waals surface area (Å²) in [5.41, 5.74) is 17.2. The van der Waals surface area contributed by atoms with Crippen LogP contribution in [0.2, 0.25) is 0 Å². The number of fused-ring (bicyclic) bond motifs is 13. The first-order valence-electron chi connectivity index (χ1n) is 20.0. The minimum atomic E-state index is -0.191. The molecule has 11 rings (SSSR count). The summed E-state index contributed by atoms with van der Waals surface area (Å²) in [5.74, 6) is 0. The fraction of sp³-hybridized carbons (Fsp3) is 0.185. The Labute approximate surface area is 329 Å². The van der Waals surface area contributed by atoms with Crippen LogP contribution in [-0.2, 0) is 16.2 Å². The molecule has 1 heterocycles. The number of furan rings is 1. The molecular weight excluding hydrogens is 679 g/mol. The van der Waals surface area contributed by atoms with Crippen LogP contribution in [0.3, 0.4) is 0 Å². The summed E-state index contributed by atoms with van der Waals surface area (Å²) >= 11 is 0. The molecule has 8 aromatic carbocycles. The smallest absolute Gasteiger partial charge is 0.136 e. The van der Waals surface area contributed by atoms with E-state index in [1.165, 1.54) is 82.4 Å². The molecule has 0 fully saturated rings. The molecule has 9 aromatic rings. The first-order chi connectivity index (χ1) is 26.9. The van der Waals surface area contributed by atoms with Crippen LogP contribution in [0.5, 0.6) is 0 Å². The highest BCUT2D eigenvalue weighted by molar-refractivity contribution is 6.08. The average molecular weight is 724 g/mol. The molecule has 0 bridgehead atoms. The third-order valence-electron chi connectivity index (χ3n) is 13.1. The summed E-state index contributed by atoms with van der Waals surface area (Å²) < 4.78 is 6.38. The van der Waals surface area contributed by atoms with Gasteiger partial charge < -0.3 is 9.32 Å². The molecule has 2 aliphatic carbocycles. The molecule has 2 nitrogen and oxygen atoms in total. The monoisotopic (exact) mass is 723 g/mol. The van der Waals surface area contributed by atoms with Crippen LogP contribution in [0.4, 0.5) is 17.1 Å². The second-order valence-electron chi connectivity index (χ2n) is 18.2. The maximum atomic E-state index is 6.38. The van der Waals surface area contributed by atoms with Crippen molar-refractivity contribution < 1.29 is 4.42 Å². The molecule has 0 spiro atoms. The van der Waals surface area contributed by atoms with E-state index in [2.05, 4.69) is 193 Å². The highest BCUT2D eigenvalue weighted by Gasteiger charge is 2.39. The van der Waals surface area contributed by atoms with Crippen LogP contribution in [-0.4, -0.2) is 0 Å². The Morgan fingerprint density at radius 2 is 1.02 bits per heavy atom. The normalized spacial score (nSPS) is 15.0. The summed E-state index contributed by atoms with van der Waals surface area (Å²) in [7, 11) is 0. The summed E-state index contributed by atoms with van der Waals surface area (Å²) in [4.78, 5) is 2.45. The molecule has 0 N–H and O–H groups in total. The summed E-state index contributed by atoms with van der Waals surface area (Å²) in [5, 5.41) is 7.58. The van der Waals surface area contributed by atoms with Crippen LogP contribution >= 0.6 is 0 Å². The van der Waals surface area contributed by atoms with E-state index in [0.717, 1.165) is 28.2 Å². The molecule has 56 heavy (non-hydrogen) atoms. The van der Waals surface area contributed by atoms with Crippen molar-refractivity contribution in [2.75, 3.05) is 4.90 Å². The predicted octanol–water partition coefficient (Wildman–Crippen LogP) is 15.3. The Kier molecular flexibility index (Phi) is 6.67. The van der Waals surface area contributed by atoms with Crippen molar-refractivity contribution in [3.8, 4) is 22.3 Å². The van der Waals surface area contributed by atoms with Gasteiger partial charge in [-0.15, -0.1) is 0 Å². The maximum absolute atomic E-state index is 6.38. The van der Waals surface area contributed by atoms with Crippen molar-refractivity contribution in [2.45, 2.75) is 64.7 Å². The number of benzene rings is 8. The topological polar surface area (TPSA) is 16.4 Å². The largest absolute Gasteiger partial charge is 0.456 e. The van der Waals surface area contributed by atoms with Crippen LogP contribution in [0.15, 0.2) is 150 Å². The number of rotatable bonds is 3. The molecule has 0 saturated heterocycles. The van der Waals surface area contributed by atoms with E-state index < -0.39 is 0 Å². The van der Waals surface area contributed by atoms with Gasteiger partial charge in [0.05, 0.1) is 0 Å². The SMILES string of the molecule is CC(C)(C)c1ccc(N(c2ccc3c(c2)C(C)(C)c2cc4c(cc2-3)oc2ccccc24)c2ccc3c4c(ccc3c2)-c2ccc3ccccc3c2C4(C)C)cc1. The van der Waals surface area contributed by atoms with Gasteiger partial charge in [-0.3, -0.25) is 0 Å². The van der Waals surface area contributed by atoms with E-state index in [4.69, 9.17) is 4.42 Å². The van der Waals surface area contributed by atoms with Gasteiger partial charge in [0.25, 0.3) is 0 Å². The minimum absolute atomic E-state index is 0.0658. The van der Waals surface area contributed by atoms with E-state index in [1.807, 2.05) is 6.07 Å². The Morgan fingerprint density at radius 1 is 0.429 bits per heavy atom. The van der Waals surface area contributed by atoms with E-state index in [0.29, 0.717) is 0 Å². The van der Waals surface area contributed by atoms with E-state index in [-0.39, 0.29) is 16.2 Å². The minimum Gasteiger partial charge on any atom is -0.456 e. The fourth-order valence-electron chi connectivity index (χ4n) is 10.3. The Bertz CT molecular complexity index is 3110. The number of hydrogen-bond donors (Lipinski definition) is 0. The summed E-state index contributed by atoms with van der Waals surface area (Å²) in [6.45, 7) is 16.4. The molecule has 0 atom stereocenters. The summed E-state index contributed by atoms with van der Waals surface area (Å²) in [6, 6.07) is 54.6. The third kappa shape index (κ3) is 4.56. The van der Waals surface area contributed by atoms with Crippen LogP contribution in [0.1, 0.15) is 76.3 Å². The predicted molar refractivity (Wildman–Crippen MR) is 237 cm³/mol. The van der Waals surface area contributed by atoms with Gasteiger partial charge in [0.2, 0.25) is 0 Å². The van der Waals surface area contributed by atoms with Gasteiger partial charge in [-0.1, -0.05) is 139 Å². The number of nitrogens with zero attached hydrogens (tertiary/aromatic N) is 1. The van der Waals surface area contributed by atoms with Gasteiger partial charge in [0, 0.05) is 38.7 Å². The lowest BCUT2D eigenvalue weighted by molar-refractivity contribution is 0.590. The quantitative estimate of drug-likeness (QED) is 0.180. The molecule has 0 unspecified atom stereocenters. The summed E-state index contributed by atoms with van der Waals surface area (Å²) in [6.07, 6.45) is 0. The molecule has 0 saturated carbocycles. The van der Waals surface area contributed by atoms with Crippen molar-refractivity contribution in [1.82, 2.24) is 0 Å². The van der Waals surface area contributed by atoms with E-state index in [9.17, 15) is 0 Å². The van der Waals surface area contributed by atoms with Gasteiger partial charge in [-0.05, 0) is 132 Å². The zero-order valence-corrected chi connectivity index (χ0v) is 33.2. The molecule has 2 aliphatic rings. The zero-order valence-electron chi connectivity index (χ0n) is 33.2. The van der Waals surface area contributed by atoms with Crippen LogP contribution in [0, 0.1) is 0 Å². The van der Waals surface area contributed by atoms with Crippen molar-refractivity contribution in [3.63, 3.8) is 0 Å². The van der Waals surface area contributed by atoms with Crippen LogP contribution in [0.25, 0.3) is 65.7 Å². The Hall–Kier alpha value is -6.12. The van der Waals surface area contributed by atoms with Gasteiger partial charge in [-0.25, -0.2) is 0 Å². The van der Waals surface area contributed by atoms with Gasteiger partial charge in [0.1, 0.15) is 11.2 Å². The third-order valence-corrected chi connectivity index (χ3v) is 13.1. The Morgan fingerprint density at radius 3 is 1.77 bits per heavy atom. The van der Waals surface area contributed by atoms with Gasteiger partial charge in [-0.2, -0.15) is 0 Å². The standard InChI is InChI=1S/C54H45NO/c1-52(2,3)34-18-20-35(21-19-34)55(37-23-27-40-44-31-49-45(41-14-10-11-15-48(41)56-49)30-47(44)53(4,5)46(40)29-37)36-22-26-39-33(28-36)17-25-43-42-24-16-32-12-8-9-13-38(32)50(42)54(6,7)51(39)43/h8-31H,1-7H3. The van der Waals surface area contributed by atoms with E-state index in [1.54, 1.807) is 0 Å². The molecule has 0 amide bonds. The molecule has 0 radical (unpaired) electrons. The molecular formula is C54H45NO. The number of anilines is 3. The zero-order chi connectivity index (χ0) is 38.3. The first-order valence-corrected chi connectivity index (χ1v) is 20.0. The number of para-hydroxylation sites is 1. The average Bonchev–Trinajstić information content (AvgIpc) is 3.76. The Balaban J connectivity index is 1.07. The van der Waals surface area contributed by atoms with Crippen LogP contribution < -0.4 is 4.90 Å². The molecule has 1 aromatic heterocycles.